The number of aromatic nitrogens is 2. The van der Waals surface area contributed by atoms with Crippen LogP contribution in [0.5, 0.6) is 0 Å². The fourth-order valence-corrected chi connectivity index (χ4v) is 3.58. The molecule has 2 aromatic heterocycles. The van der Waals surface area contributed by atoms with Crippen LogP contribution < -0.4 is 10.9 Å². The Hall–Kier alpha value is -2.94. The summed E-state index contributed by atoms with van der Waals surface area (Å²) in [7, 11) is 1.59. The molecule has 0 bridgehead atoms. The minimum atomic E-state index is -4.38. The zero-order valence-corrected chi connectivity index (χ0v) is 16.5. The molecule has 2 heterocycles. The van der Waals surface area contributed by atoms with Gasteiger partial charge in [-0.3, -0.25) is 9.59 Å². The van der Waals surface area contributed by atoms with Crippen LogP contribution in [0, 0.1) is 0 Å². The predicted octanol–water partition coefficient (Wildman–Crippen LogP) is 4.02. The third-order valence-electron chi connectivity index (χ3n) is 4.34. The van der Waals surface area contributed by atoms with Gasteiger partial charge in [-0.1, -0.05) is 19.1 Å². The van der Waals surface area contributed by atoms with E-state index in [1.807, 2.05) is 6.92 Å². The topological polar surface area (TPSA) is 64.0 Å². The van der Waals surface area contributed by atoms with E-state index in [1.54, 1.807) is 18.5 Å². The number of halogens is 3. The van der Waals surface area contributed by atoms with Gasteiger partial charge < -0.3 is 9.88 Å². The summed E-state index contributed by atoms with van der Waals surface area (Å²) in [5.74, 6) is -0.334. The van der Waals surface area contributed by atoms with Crippen molar-refractivity contribution in [2.45, 2.75) is 26.1 Å². The van der Waals surface area contributed by atoms with E-state index >= 15 is 0 Å². The zero-order valence-electron chi connectivity index (χ0n) is 15.7. The Kier molecular flexibility index (Phi) is 5.88. The van der Waals surface area contributed by atoms with Crippen LogP contribution in [-0.2, 0) is 26.2 Å². The molecule has 0 aliphatic heterocycles. The van der Waals surface area contributed by atoms with E-state index in [1.165, 1.54) is 34.2 Å². The van der Waals surface area contributed by atoms with Gasteiger partial charge in [-0.2, -0.15) is 13.2 Å². The van der Waals surface area contributed by atoms with Crippen LogP contribution in [0.25, 0.3) is 10.6 Å². The maximum absolute atomic E-state index is 12.7. The fraction of sp³-hybridized carbons (Fsp3) is 0.250. The van der Waals surface area contributed by atoms with Gasteiger partial charge >= 0.3 is 6.18 Å². The van der Waals surface area contributed by atoms with E-state index in [-0.39, 0.29) is 18.0 Å². The first-order valence-corrected chi connectivity index (χ1v) is 9.66. The summed E-state index contributed by atoms with van der Waals surface area (Å²) < 4.78 is 39.4. The highest BCUT2D eigenvalue weighted by atomic mass is 32.1. The molecular weight excluding hydrogens is 403 g/mol. The van der Waals surface area contributed by atoms with Crippen molar-refractivity contribution in [3.05, 3.63) is 74.6 Å². The van der Waals surface area contributed by atoms with Crippen LogP contribution >= 0.6 is 11.3 Å². The number of amides is 1. The summed E-state index contributed by atoms with van der Waals surface area (Å²) >= 11 is 1.28. The smallest absolute Gasteiger partial charge is 0.346 e. The first-order chi connectivity index (χ1) is 13.7. The summed E-state index contributed by atoms with van der Waals surface area (Å²) in [5, 5.41) is 5.06. The lowest BCUT2D eigenvalue weighted by molar-refractivity contribution is -0.137. The van der Waals surface area contributed by atoms with E-state index in [2.05, 4.69) is 10.3 Å². The molecule has 0 spiro atoms. The van der Waals surface area contributed by atoms with E-state index < -0.39 is 11.7 Å². The lowest BCUT2D eigenvalue weighted by atomic mass is 10.1. The van der Waals surface area contributed by atoms with E-state index in [0.29, 0.717) is 33.8 Å². The predicted molar refractivity (Wildman–Crippen MR) is 105 cm³/mol. The van der Waals surface area contributed by atoms with Crippen LogP contribution in [-0.4, -0.2) is 15.5 Å². The average Bonchev–Trinajstić information content (AvgIpc) is 3.16. The number of hydrogen-bond donors (Lipinski definition) is 1. The number of benzene rings is 1. The highest BCUT2D eigenvalue weighted by Crippen LogP contribution is 2.31. The minimum absolute atomic E-state index is 0.135. The second-order valence-electron chi connectivity index (χ2n) is 6.43. The summed E-state index contributed by atoms with van der Waals surface area (Å²) in [4.78, 5) is 28.7. The Morgan fingerprint density at radius 1 is 1.24 bits per heavy atom. The standard InChI is InChI=1S/C20H18F3N3O2S/c1-3-12-8-14(10-26(2)19(12)28)17(27)24-9-16-11-29-18(25-16)13-4-6-15(7-5-13)20(21,22)23/h4-8,10-11H,3,9H2,1-2H3,(H,24,27). The molecule has 0 radical (unpaired) electrons. The van der Waals surface area contributed by atoms with E-state index in [9.17, 15) is 22.8 Å². The van der Waals surface area contributed by atoms with Crippen molar-refractivity contribution < 1.29 is 18.0 Å². The number of carbonyl (C=O) groups is 1. The third kappa shape index (κ3) is 4.73. The van der Waals surface area contributed by atoms with Gasteiger partial charge in [0.2, 0.25) is 0 Å². The molecule has 0 aliphatic carbocycles. The van der Waals surface area contributed by atoms with Crippen molar-refractivity contribution in [3.8, 4) is 10.6 Å². The van der Waals surface area contributed by atoms with Crippen molar-refractivity contribution in [2.24, 2.45) is 7.05 Å². The molecule has 0 fully saturated rings. The van der Waals surface area contributed by atoms with Gasteiger partial charge in [0.15, 0.2) is 0 Å². The number of nitrogens with zero attached hydrogens (tertiary/aromatic N) is 2. The summed E-state index contributed by atoms with van der Waals surface area (Å²) in [6.07, 6.45) is -2.38. The van der Waals surface area contributed by atoms with Gasteiger partial charge in [0.25, 0.3) is 11.5 Å². The number of aryl methyl sites for hydroxylation is 2. The number of rotatable bonds is 5. The Balaban J connectivity index is 1.69. The number of carbonyl (C=O) groups excluding carboxylic acids is 1. The highest BCUT2D eigenvalue weighted by molar-refractivity contribution is 7.13. The van der Waals surface area contributed by atoms with Gasteiger partial charge in [-0.25, -0.2) is 4.98 Å². The van der Waals surface area contributed by atoms with Crippen molar-refractivity contribution >= 4 is 17.2 Å². The molecule has 1 amide bonds. The largest absolute Gasteiger partial charge is 0.416 e. The number of nitrogens with one attached hydrogen (secondary N) is 1. The van der Waals surface area contributed by atoms with Crippen LogP contribution in [0.4, 0.5) is 13.2 Å². The highest BCUT2D eigenvalue weighted by Gasteiger charge is 2.30. The van der Waals surface area contributed by atoms with Gasteiger partial charge in [0.05, 0.1) is 23.4 Å². The normalized spacial score (nSPS) is 11.5. The molecule has 0 atom stereocenters. The van der Waals surface area contributed by atoms with Crippen molar-refractivity contribution in [1.29, 1.82) is 0 Å². The molecule has 0 saturated carbocycles. The van der Waals surface area contributed by atoms with E-state index in [4.69, 9.17) is 0 Å². The number of alkyl halides is 3. The van der Waals surface area contributed by atoms with Crippen molar-refractivity contribution in [2.75, 3.05) is 0 Å². The van der Waals surface area contributed by atoms with Crippen molar-refractivity contribution in [3.63, 3.8) is 0 Å². The zero-order chi connectivity index (χ0) is 21.2. The molecule has 3 aromatic rings. The number of thiazole rings is 1. The number of pyridine rings is 1. The van der Waals surface area contributed by atoms with Gasteiger partial charge in [-0.15, -0.1) is 11.3 Å². The van der Waals surface area contributed by atoms with Crippen molar-refractivity contribution in [1.82, 2.24) is 14.9 Å². The molecule has 0 unspecified atom stereocenters. The third-order valence-corrected chi connectivity index (χ3v) is 5.28. The summed E-state index contributed by atoms with van der Waals surface area (Å²) in [6, 6.07) is 6.36. The van der Waals surface area contributed by atoms with Crippen LogP contribution in [0.2, 0.25) is 0 Å². The Labute approximate surface area is 168 Å². The first kappa shape index (κ1) is 20.8. The average molecular weight is 421 g/mol. The van der Waals surface area contributed by atoms with Gasteiger partial charge in [0.1, 0.15) is 5.01 Å². The maximum atomic E-state index is 12.7. The first-order valence-electron chi connectivity index (χ1n) is 8.79. The SMILES string of the molecule is CCc1cc(C(=O)NCc2csc(-c3ccc(C(F)(F)F)cc3)n2)cn(C)c1=O. The van der Waals surface area contributed by atoms with Crippen LogP contribution in [0.3, 0.4) is 0 Å². The molecule has 1 aromatic carbocycles. The molecule has 9 heteroatoms. The molecule has 1 N–H and O–H groups in total. The molecule has 0 aliphatic rings. The van der Waals surface area contributed by atoms with Gasteiger partial charge in [0, 0.05) is 29.8 Å². The van der Waals surface area contributed by atoms with Crippen LogP contribution in [0.15, 0.2) is 46.7 Å². The van der Waals surface area contributed by atoms with Gasteiger partial charge in [-0.05, 0) is 24.6 Å². The summed E-state index contributed by atoms with van der Waals surface area (Å²) in [5.41, 5.74) is 1.25. The summed E-state index contributed by atoms with van der Waals surface area (Å²) in [6.45, 7) is 2.01. The Morgan fingerprint density at radius 2 is 1.93 bits per heavy atom. The molecular formula is C20H18F3N3O2S. The molecule has 3 rings (SSSR count). The molecule has 152 valence electrons. The number of hydrogen-bond acceptors (Lipinski definition) is 4. The molecule has 5 nitrogen and oxygen atoms in total. The van der Waals surface area contributed by atoms with E-state index in [0.717, 1.165) is 12.1 Å². The Morgan fingerprint density at radius 3 is 2.55 bits per heavy atom. The second kappa shape index (κ2) is 8.20. The maximum Gasteiger partial charge on any atom is 0.416 e. The second-order valence-corrected chi connectivity index (χ2v) is 7.28. The fourth-order valence-electron chi connectivity index (χ4n) is 2.75. The minimum Gasteiger partial charge on any atom is -0.346 e. The quantitative estimate of drug-likeness (QED) is 0.677. The molecule has 29 heavy (non-hydrogen) atoms. The Bertz CT molecular complexity index is 1090. The molecule has 0 saturated heterocycles. The van der Waals surface area contributed by atoms with Crippen LogP contribution in [0.1, 0.15) is 34.1 Å². The lowest BCUT2D eigenvalue weighted by Gasteiger charge is -2.08. The lowest BCUT2D eigenvalue weighted by Crippen LogP contribution is -2.27. The monoisotopic (exact) mass is 421 g/mol.